The molecular weight excluding hydrogens is 396 g/mol. The van der Waals surface area contributed by atoms with Gasteiger partial charge in [-0.15, -0.1) is 0 Å². The predicted molar refractivity (Wildman–Crippen MR) is 119 cm³/mol. The second kappa shape index (κ2) is 11.7. The first-order chi connectivity index (χ1) is 14.7. The second-order valence-electron chi connectivity index (χ2n) is 9.17. The summed E-state index contributed by atoms with van der Waals surface area (Å²) in [5, 5.41) is 2.67. The van der Waals surface area contributed by atoms with Crippen molar-refractivity contribution in [3.8, 4) is 0 Å². The summed E-state index contributed by atoms with van der Waals surface area (Å²) in [7, 11) is 0. The Morgan fingerprint density at radius 2 is 1.65 bits per heavy atom. The zero-order chi connectivity index (χ0) is 22.9. The number of amides is 3. The molecule has 1 unspecified atom stereocenters. The normalized spacial score (nSPS) is 15.6. The van der Waals surface area contributed by atoms with Crippen LogP contribution in [0.2, 0.25) is 0 Å². The molecule has 0 radical (unpaired) electrons. The van der Waals surface area contributed by atoms with Crippen molar-refractivity contribution in [2.45, 2.75) is 83.9 Å². The van der Waals surface area contributed by atoms with Gasteiger partial charge in [-0.2, -0.15) is 0 Å². The molecule has 1 aliphatic carbocycles. The Balaban J connectivity index is 1.91. The number of hydrogen-bond donors (Lipinski definition) is 4. The Kier molecular flexibility index (Phi) is 9.30. The third-order valence-electron chi connectivity index (χ3n) is 5.25. The van der Waals surface area contributed by atoms with Gasteiger partial charge in [0.15, 0.2) is 0 Å². The first-order valence-electron chi connectivity index (χ1n) is 11.0. The Hall–Kier alpha value is -2.61. The quantitative estimate of drug-likeness (QED) is 0.494. The van der Waals surface area contributed by atoms with Crippen LogP contribution in [0.25, 0.3) is 0 Å². The molecule has 0 bridgehead atoms. The number of carbonyl (C=O) groups is 3. The van der Waals surface area contributed by atoms with E-state index >= 15 is 0 Å². The van der Waals surface area contributed by atoms with Crippen molar-refractivity contribution < 1.29 is 19.1 Å². The van der Waals surface area contributed by atoms with Gasteiger partial charge in [0.2, 0.25) is 5.91 Å². The van der Waals surface area contributed by atoms with E-state index in [4.69, 9.17) is 10.5 Å². The SMILES string of the molecule is CC(C)(C)OC(=O)NC(CC1CCCCC1)C(=O)NNC(=O)Cc1ccc(CN)cc1. The van der Waals surface area contributed by atoms with Gasteiger partial charge in [0.05, 0.1) is 6.42 Å². The van der Waals surface area contributed by atoms with E-state index in [1.54, 1.807) is 20.8 Å². The van der Waals surface area contributed by atoms with Gasteiger partial charge in [0.1, 0.15) is 11.6 Å². The minimum atomic E-state index is -0.776. The highest BCUT2D eigenvalue weighted by Crippen LogP contribution is 2.27. The smallest absolute Gasteiger partial charge is 0.408 e. The largest absolute Gasteiger partial charge is 0.444 e. The van der Waals surface area contributed by atoms with E-state index in [9.17, 15) is 14.4 Å². The molecule has 31 heavy (non-hydrogen) atoms. The number of rotatable bonds is 7. The summed E-state index contributed by atoms with van der Waals surface area (Å²) < 4.78 is 5.30. The van der Waals surface area contributed by atoms with Crippen molar-refractivity contribution >= 4 is 17.9 Å². The molecule has 0 saturated heterocycles. The van der Waals surface area contributed by atoms with E-state index in [2.05, 4.69) is 16.2 Å². The molecule has 1 aromatic carbocycles. The molecule has 5 N–H and O–H groups in total. The van der Waals surface area contributed by atoms with Gasteiger partial charge in [-0.3, -0.25) is 20.4 Å². The summed E-state index contributed by atoms with van der Waals surface area (Å²) in [5.74, 6) is -0.443. The first kappa shape index (κ1) is 24.7. The van der Waals surface area contributed by atoms with Crippen molar-refractivity contribution in [2.24, 2.45) is 11.7 Å². The molecule has 0 aliphatic heterocycles. The molecule has 1 atom stereocenters. The molecule has 0 spiro atoms. The van der Waals surface area contributed by atoms with Crippen molar-refractivity contribution in [1.82, 2.24) is 16.2 Å². The average Bonchev–Trinajstić information content (AvgIpc) is 2.71. The van der Waals surface area contributed by atoms with Gasteiger partial charge in [-0.05, 0) is 44.2 Å². The van der Waals surface area contributed by atoms with Crippen LogP contribution in [0.3, 0.4) is 0 Å². The molecule has 2 rings (SSSR count). The number of alkyl carbamates (subject to hydrolysis) is 1. The van der Waals surface area contributed by atoms with Crippen molar-refractivity contribution in [3.63, 3.8) is 0 Å². The Labute approximate surface area is 184 Å². The zero-order valence-corrected chi connectivity index (χ0v) is 18.8. The van der Waals surface area contributed by atoms with Crippen LogP contribution in [0.5, 0.6) is 0 Å². The molecule has 1 aliphatic rings. The van der Waals surface area contributed by atoms with Gasteiger partial charge >= 0.3 is 6.09 Å². The first-order valence-corrected chi connectivity index (χ1v) is 11.0. The lowest BCUT2D eigenvalue weighted by atomic mass is 9.84. The highest BCUT2D eigenvalue weighted by molar-refractivity contribution is 5.88. The summed E-state index contributed by atoms with van der Waals surface area (Å²) >= 11 is 0. The van der Waals surface area contributed by atoms with E-state index in [0.717, 1.165) is 36.8 Å². The highest BCUT2D eigenvalue weighted by Gasteiger charge is 2.28. The topological polar surface area (TPSA) is 123 Å². The molecule has 1 fully saturated rings. The van der Waals surface area contributed by atoms with Crippen LogP contribution < -0.4 is 21.9 Å². The standard InChI is InChI=1S/C23H36N4O4/c1-23(2,3)31-22(30)25-19(13-16-7-5-4-6-8-16)21(29)27-26-20(28)14-17-9-11-18(15-24)12-10-17/h9-12,16,19H,4-8,13-15,24H2,1-3H3,(H,25,30)(H,26,28)(H,27,29). The number of hydrogen-bond acceptors (Lipinski definition) is 5. The van der Waals surface area contributed by atoms with Crippen molar-refractivity contribution in [3.05, 3.63) is 35.4 Å². The number of nitrogens with one attached hydrogen (secondary N) is 3. The molecule has 0 aromatic heterocycles. The molecule has 172 valence electrons. The lowest BCUT2D eigenvalue weighted by molar-refractivity contribution is -0.130. The molecule has 8 nitrogen and oxygen atoms in total. The van der Waals surface area contributed by atoms with E-state index in [1.165, 1.54) is 6.42 Å². The molecular formula is C23H36N4O4. The fourth-order valence-electron chi connectivity index (χ4n) is 3.68. The van der Waals surface area contributed by atoms with Gasteiger partial charge in [-0.25, -0.2) is 4.79 Å². The molecule has 3 amide bonds. The predicted octanol–water partition coefficient (Wildman–Crippen LogP) is 2.70. The Morgan fingerprint density at radius 3 is 2.23 bits per heavy atom. The average molecular weight is 433 g/mol. The van der Waals surface area contributed by atoms with E-state index < -0.39 is 23.6 Å². The van der Waals surface area contributed by atoms with Crippen molar-refractivity contribution in [1.29, 1.82) is 0 Å². The highest BCUT2D eigenvalue weighted by atomic mass is 16.6. The third-order valence-corrected chi connectivity index (χ3v) is 5.25. The van der Waals surface area contributed by atoms with E-state index in [1.807, 2.05) is 24.3 Å². The number of nitrogens with two attached hydrogens (primary N) is 1. The summed E-state index contributed by atoms with van der Waals surface area (Å²) in [5.41, 5.74) is 11.6. The third kappa shape index (κ3) is 9.38. The summed E-state index contributed by atoms with van der Waals surface area (Å²) in [4.78, 5) is 37.2. The maximum Gasteiger partial charge on any atom is 0.408 e. The summed E-state index contributed by atoms with van der Waals surface area (Å²) in [6, 6.07) is 6.62. The number of ether oxygens (including phenoxy) is 1. The molecule has 0 heterocycles. The Morgan fingerprint density at radius 1 is 1.03 bits per heavy atom. The Bertz CT molecular complexity index is 737. The molecule has 8 heteroatoms. The minimum absolute atomic E-state index is 0.123. The molecule has 1 saturated carbocycles. The zero-order valence-electron chi connectivity index (χ0n) is 18.8. The van der Waals surface area contributed by atoms with Crippen LogP contribution in [0, 0.1) is 5.92 Å². The van der Waals surface area contributed by atoms with Crippen LogP contribution in [-0.2, 0) is 27.3 Å². The fraction of sp³-hybridized carbons (Fsp3) is 0.609. The van der Waals surface area contributed by atoms with Gasteiger partial charge in [0, 0.05) is 6.54 Å². The summed E-state index contributed by atoms with van der Waals surface area (Å²) in [6.07, 6.45) is 5.52. The summed E-state index contributed by atoms with van der Waals surface area (Å²) in [6.45, 7) is 5.74. The lowest BCUT2D eigenvalue weighted by Gasteiger charge is -2.27. The van der Waals surface area contributed by atoms with E-state index in [0.29, 0.717) is 18.9 Å². The van der Waals surface area contributed by atoms with Crippen LogP contribution >= 0.6 is 0 Å². The van der Waals surface area contributed by atoms with Crippen LogP contribution in [0.15, 0.2) is 24.3 Å². The van der Waals surface area contributed by atoms with Gasteiger partial charge in [-0.1, -0.05) is 56.4 Å². The maximum atomic E-state index is 12.7. The van der Waals surface area contributed by atoms with Gasteiger partial charge < -0.3 is 15.8 Å². The van der Waals surface area contributed by atoms with E-state index in [-0.39, 0.29) is 12.3 Å². The number of carbonyl (C=O) groups excluding carboxylic acids is 3. The fourth-order valence-corrected chi connectivity index (χ4v) is 3.68. The van der Waals surface area contributed by atoms with Crippen LogP contribution in [0.4, 0.5) is 4.79 Å². The molecule has 1 aromatic rings. The number of hydrazine groups is 1. The monoisotopic (exact) mass is 432 g/mol. The minimum Gasteiger partial charge on any atom is -0.444 e. The number of benzene rings is 1. The maximum absolute atomic E-state index is 12.7. The van der Waals surface area contributed by atoms with Crippen molar-refractivity contribution in [2.75, 3.05) is 0 Å². The lowest BCUT2D eigenvalue weighted by Crippen LogP contribution is -2.53. The van der Waals surface area contributed by atoms with Crippen LogP contribution in [0.1, 0.15) is 70.4 Å². The van der Waals surface area contributed by atoms with Crippen LogP contribution in [-0.4, -0.2) is 29.6 Å². The van der Waals surface area contributed by atoms with Gasteiger partial charge in [0.25, 0.3) is 5.91 Å². The second-order valence-corrected chi connectivity index (χ2v) is 9.17.